The molecule has 3 rings (SSSR count). The number of hydrogen-bond acceptors (Lipinski definition) is 3. The third kappa shape index (κ3) is 2.70. The van der Waals surface area contributed by atoms with Gasteiger partial charge < -0.3 is 4.57 Å². The Morgan fingerprint density at radius 1 is 1.35 bits per heavy atom. The van der Waals surface area contributed by atoms with Crippen LogP contribution in [0.1, 0.15) is 31.9 Å². The molecule has 1 fully saturated rings. The van der Waals surface area contributed by atoms with Crippen LogP contribution in [-0.4, -0.2) is 34.6 Å². The average Bonchev–Trinajstić information content (AvgIpc) is 3.07. The predicted molar refractivity (Wildman–Crippen MR) is 98.6 cm³/mol. The largest absolute Gasteiger partial charge is 0.344 e. The molecule has 0 N–H and O–H groups in total. The molecule has 0 aliphatic carbocycles. The predicted octanol–water partition coefficient (Wildman–Crippen LogP) is 4.14. The number of carbonyl (C=O) groups excluding carboxylic acids is 1. The molecule has 2 aromatic rings. The molecule has 5 heteroatoms. The van der Waals surface area contributed by atoms with Gasteiger partial charge in [-0.1, -0.05) is 25.1 Å². The van der Waals surface area contributed by atoms with Crippen LogP contribution in [0.3, 0.4) is 0 Å². The molecule has 0 saturated carbocycles. The summed E-state index contributed by atoms with van der Waals surface area (Å²) in [5, 5.41) is 1.92. The van der Waals surface area contributed by atoms with Gasteiger partial charge in [-0.15, -0.1) is 0 Å². The van der Waals surface area contributed by atoms with Crippen LogP contribution in [0, 0.1) is 0 Å². The fraction of sp³-hybridized carbons (Fsp3) is 0.333. The Bertz CT molecular complexity index is 819. The molecular weight excluding hydrogens is 306 g/mol. The molecule has 0 spiro atoms. The topological polar surface area (TPSA) is 37.6 Å². The molecule has 23 heavy (non-hydrogen) atoms. The fourth-order valence-electron chi connectivity index (χ4n) is 2.80. The molecule has 1 atom stereocenters. The van der Waals surface area contributed by atoms with Gasteiger partial charge in [0.2, 0.25) is 0 Å². The molecule has 1 aliphatic heterocycles. The molecule has 2 heterocycles. The number of thioether (sulfide) groups is 1. The van der Waals surface area contributed by atoms with Crippen molar-refractivity contribution >= 4 is 39.8 Å². The summed E-state index contributed by atoms with van der Waals surface area (Å²) in [4.78, 5) is 18.8. The Hall–Kier alpha value is -2.01. The summed E-state index contributed by atoms with van der Waals surface area (Å²) in [5.74, 6) is 0.0102. The Balaban J connectivity index is 2.11. The summed E-state index contributed by atoms with van der Waals surface area (Å²) in [6.45, 7) is 4.40. The number of para-hydroxylation sites is 1. The van der Waals surface area contributed by atoms with E-state index in [2.05, 4.69) is 47.8 Å². The lowest BCUT2D eigenvalue weighted by Gasteiger charge is -2.12. The zero-order valence-corrected chi connectivity index (χ0v) is 14.7. The quantitative estimate of drug-likeness (QED) is 0.794. The van der Waals surface area contributed by atoms with Crippen molar-refractivity contribution in [3.05, 3.63) is 40.9 Å². The Kier molecular flexibility index (Phi) is 4.31. The molecule has 1 aliphatic rings. The number of likely N-dealkylation sites (N-methyl/N-ethyl adjacent to an activating group) is 1. The number of nitrogens with zero attached hydrogens (tertiary/aromatic N) is 3. The first-order chi connectivity index (χ1) is 11.1. The molecule has 1 saturated heterocycles. The lowest BCUT2D eigenvalue weighted by atomic mass is 10.1. The van der Waals surface area contributed by atoms with Crippen molar-refractivity contribution in [1.29, 1.82) is 0 Å². The number of aliphatic imine (C=N–C) groups is 1. The van der Waals surface area contributed by atoms with Crippen LogP contribution < -0.4 is 0 Å². The lowest BCUT2D eigenvalue weighted by Crippen LogP contribution is -2.23. The van der Waals surface area contributed by atoms with Crippen LogP contribution in [0.2, 0.25) is 0 Å². The summed E-state index contributed by atoms with van der Waals surface area (Å²) in [6, 6.07) is 8.78. The molecule has 0 bridgehead atoms. The van der Waals surface area contributed by atoms with E-state index < -0.39 is 0 Å². The molecule has 1 amide bonds. The standard InChI is InChI=1S/C18H21N3OS/c1-5-12(2)21-11-13(14-8-6-7-9-15(14)21)10-16-17(22)20(4)18(19-3)23-16/h6-12H,5H2,1-4H3/b16-10-,19-18?/t12-/m0/s1. The first kappa shape index (κ1) is 15.9. The number of fused-ring (bicyclic) bond motifs is 1. The highest BCUT2D eigenvalue weighted by Crippen LogP contribution is 2.34. The summed E-state index contributed by atoms with van der Waals surface area (Å²) in [5.41, 5.74) is 2.30. The molecule has 120 valence electrons. The molecule has 1 aromatic carbocycles. The summed E-state index contributed by atoms with van der Waals surface area (Å²) in [7, 11) is 3.48. The van der Waals surface area contributed by atoms with E-state index >= 15 is 0 Å². The minimum absolute atomic E-state index is 0.0102. The first-order valence-electron chi connectivity index (χ1n) is 7.80. The van der Waals surface area contributed by atoms with Gasteiger partial charge in [-0.25, -0.2) is 0 Å². The highest BCUT2D eigenvalue weighted by atomic mass is 32.2. The molecular formula is C18H21N3OS. The van der Waals surface area contributed by atoms with E-state index in [-0.39, 0.29) is 5.91 Å². The number of amidine groups is 1. The van der Waals surface area contributed by atoms with Crippen LogP contribution in [0.15, 0.2) is 40.4 Å². The van der Waals surface area contributed by atoms with Crippen LogP contribution in [0.5, 0.6) is 0 Å². The minimum atomic E-state index is 0.0102. The maximum absolute atomic E-state index is 12.4. The number of amides is 1. The second kappa shape index (κ2) is 6.24. The normalized spacial score (nSPS) is 20.2. The second-order valence-electron chi connectivity index (χ2n) is 5.75. The van der Waals surface area contributed by atoms with Crippen LogP contribution in [-0.2, 0) is 4.79 Å². The first-order valence-corrected chi connectivity index (χ1v) is 8.62. The summed E-state index contributed by atoms with van der Waals surface area (Å²) in [6.07, 6.45) is 5.21. The molecule has 0 unspecified atom stereocenters. The maximum Gasteiger partial charge on any atom is 0.266 e. The van der Waals surface area contributed by atoms with E-state index in [0.29, 0.717) is 6.04 Å². The van der Waals surface area contributed by atoms with Crippen molar-refractivity contribution in [2.75, 3.05) is 14.1 Å². The van der Waals surface area contributed by atoms with Crippen molar-refractivity contribution < 1.29 is 4.79 Å². The number of hydrogen-bond donors (Lipinski definition) is 0. The van der Waals surface area contributed by atoms with Gasteiger partial charge in [0, 0.05) is 42.8 Å². The van der Waals surface area contributed by atoms with Crippen LogP contribution in [0.25, 0.3) is 17.0 Å². The maximum atomic E-state index is 12.4. The van der Waals surface area contributed by atoms with E-state index in [0.717, 1.165) is 22.1 Å². The number of rotatable bonds is 3. The Morgan fingerprint density at radius 2 is 2.09 bits per heavy atom. The Morgan fingerprint density at radius 3 is 2.74 bits per heavy atom. The summed E-state index contributed by atoms with van der Waals surface area (Å²) >= 11 is 1.43. The highest BCUT2D eigenvalue weighted by molar-refractivity contribution is 8.18. The van der Waals surface area contributed by atoms with Gasteiger partial charge in [0.1, 0.15) is 0 Å². The van der Waals surface area contributed by atoms with Crippen molar-refractivity contribution in [2.45, 2.75) is 26.3 Å². The third-order valence-corrected chi connectivity index (χ3v) is 5.47. The zero-order valence-electron chi connectivity index (χ0n) is 13.9. The average molecular weight is 327 g/mol. The SMILES string of the molecule is CC[C@H](C)n1cc(/C=C2\SC(=NC)N(C)C2=O)c2ccccc21. The minimum Gasteiger partial charge on any atom is -0.344 e. The van der Waals surface area contributed by atoms with Gasteiger partial charge in [0.25, 0.3) is 5.91 Å². The van der Waals surface area contributed by atoms with Crippen LogP contribution >= 0.6 is 11.8 Å². The van der Waals surface area contributed by atoms with Crippen molar-refractivity contribution in [1.82, 2.24) is 9.47 Å². The van der Waals surface area contributed by atoms with Gasteiger partial charge >= 0.3 is 0 Å². The fourth-order valence-corrected chi connectivity index (χ4v) is 3.72. The molecule has 1 aromatic heterocycles. The monoisotopic (exact) mass is 327 g/mol. The zero-order chi connectivity index (χ0) is 16.6. The van der Waals surface area contributed by atoms with Gasteiger partial charge in [0.05, 0.1) is 4.91 Å². The van der Waals surface area contributed by atoms with Gasteiger partial charge in [-0.3, -0.25) is 14.7 Å². The van der Waals surface area contributed by atoms with Gasteiger partial charge in [-0.2, -0.15) is 0 Å². The van der Waals surface area contributed by atoms with E-state index in [1.165, 1.54) is 22.7 Å². The number of aromatic nitrogens is 1. The third-order valence-electron chi connectivity index (χ3n) is 4.32. The van der Waals surface area contributed by atoms with Crippen molar-refractivity contribution in [2.24, 2.45) is 4.99 Å². The number of carbonyl (C=O) groups is 1. The molecule has 4 nitrogen and oxygen atoms in total. The van der Waals surface area contributed by atoms with Crippen molar-refractivity contribution in [3.63, 3.8) is 0 Å². The second-order valence-corrected chi connectivity index (χ2v) is 6.76. The smallest absolute Gasteiger partial charge is 0.266 e. The van der Waals surface area contributed by atoms with E-state index in [9.17, 15) is 4.79 Å². The van der Waals surface area contributed by atoms with Gasteiger partial charge in [-0.05, 0) is 37.2 Å². The molecule has 0 radical (unpaired) electrons. The van der Waals surface area contributed by atoms with E-state index in [1.54, 1.807) is 19.0 Å². The number of benzene rings is 1. The lowest BCUT2D eigenvalue weighted by molar-refractivity contribution is -0.121. The van der Waals surface area contributed by atoms with Crippen LogP contribution in [0.4, 0.5) is 0 Å². The Labute approximate surface area is 140 Å². The van der Waals surface area contributed by atoms with E-state index in [1.807, 2.05) is 12.1 Å². The summed E-state index contributed by atoms with van der Waals surface area (Å²) < 4.78 is 2.30. The van der Waals surface area contributed by atoms with E-state index in [4.69, 9.17) is 0 Å². The van der Waals surface area contributed by atoms with Gasteiger partial charge in [0.15, 0.2) is 5.17 Å². The highest BCUT2D eigenvalue weighted by Gasteiger charge is 2.30. The van der Waals surface area contributed by atoms with Crippen molar-refractivity contribution in [3.8, 4) is 0 Å².